The molecule has 0 saturated heterocycles. The normalized spacial score (nSPS) is 18.5. The SMILES string of the molecule is Cl.NC1CCCC(C(=O)Nc2ccc(NC(=O)Nc3ccc(Cl)cc3)cc2)C1. The van der Waals surface area contributed by atoms with Crippen LogP contribution < -0.4 is 21.7 Å². The number of rotatable bonds is 4. The van der Waals surface area contributed by atoms with Crippen LogP contribution in [-0.4, -0.2) is 18.0 Å². The van der Waals surface area contributed by atoms with Crippen LogP contribution in [0.5, 0.6) is 0 Å². The summed E-state index contributed by atoms with van der Waals surface area (Å²) in [7, 11) is 0. The van der Waals surface area contributed by atoms with Crippen LogP contribution in [-0.2, 0) is 4.79 Å². The molecule has 0 bridgehead atoms. The summed E-state index contributed by atoms with van der Waals surface area (Å²) in [6.07, 6.45) is 3.59. The molecule has 0 heterocycles. The summed E-state index contributed by atoms with van der Waals surface area (Å²) >= 11 is 5.82. The minimum Gasteiger partial charge on any atom is -0.328 e. The Balaban J connectivity index is 0.00000280. The van der Waals surface area contributed by atoms with Crippen molar-refractivity contribution in [3.8, 4) is 0 Å². The van der Waals surface area contributed by atoms with Crippen LogP contribution in [0.3, 0.4) is 0 Å². The van der Waals surface area contributed by atoms with E-state index in [4.69, 9.17) is 17.3 Å². The van der Waals surface area contributed by atoms with Crippen molar-refractivity contribution in [2.24, 2.45) is 11.7 Å². The molecule has 3 amide bonds. The number of nitrogens with two attached hydrogens (primary N) is 1. The van der Waals surface area contributed by atoms with Crippen molar-refractivity contribution >= 4 is 53.0 Å². The lowest BCUT2D eigenvalue weighted by atomic mass is 9.85. The van der Waals surface area contributed by atoms with E-state index in [1.807, 2.05) is 0 Å². The van der Waals surface area contributed by atoms with Gasteiger partial charge in [0.15, 0.2) is 0 Å². The van der Waals surface area contributed by atoms with E-state index in [-0.39, 0.29) is 36.3 Å². The van der Waals surface area contributed by atoms with Gasteiger partial charge in [-0.2, -0.15) is 0 Å². The summed E-state index contributed by atoms with van der Waals surface area (Å²) in [5.74, 6) is -0.0250. The smallest absolute Gasteiger partial charge is 0.323 e. The summed E-state index contributed by atoms with van der Waals surface area (Å²) in [6, 6.07) is 13.6. The first kappa shape index (κ1) is 22.0. The van der Waals surface area contributed by atoms with Gasteiger partial charge in [0.2, 0.25) is 5.91 Å². The van der Waals surface area contributed by atoms with Gasteiger partial charge in [-0.1, -0.05) is 18.0 Å². The minimum absolute atomic E-state index is 0. The van der Waals surface area contributed by atoms with Gasteiger partial charge >= 0.3 is 6.03 Å². The van der Waals surface area contributed by atoms with Crippen molar-refractivity contribution in [1.82, 2.24) is 0 Å². The largest absolute Gasteiger partial charge is 0.328 e. The number of amides is 3. The molecule has 1 saturated carbocycles. The van der Waals surface area contributed by atoms with Gasteiger partial charge < -0.3 is 21.7 Å². The number of carbonyl (C=O) groups is 2. The van der Waals surface area contributed by atoms with Crippen LogP contribution in [0.4, 0.5) is 21.9 Å². The van der Waals surface area contributed by atoms with Gasteiger partial charge in [-0.05, 0) is 67.8 Å². The first-order chi connectivity index (χ1) is 13.0. The molecule has 5 N–H and O–H groups in total. The number of halogens is 2. The molecule has 1 fully saturated rings. The second kappa shape index (κ2) is 10.3. The molecular formula is C20H24Cl2N4O2. The van der Waals surface area contributed by atoms with Gasteiger partial charge in [0.1, 0.15) is 0 Å². The van der Waals surface area contributed by atoms with Gasteiger partial charge in [0.05, 0.1) is 0 Å². The molecule has 0 spiro atoms. The Morgan fingerprint density at radius 1 is 0.857 bits per heavy atom. The average molecular weight is 423 g/mol. The lowest BCUT2D eigenvalue weighted by Gasteiger charge is -2.25. The molecule has 6 nitrogen and oxygen atoms in total. The fourth-order valence-corrected chi connectivity index (χ4v) is 3.30. The number of hydrogen-bond donors (Lipinski definition) is 4. The molecule has 2 aromatic carbocycles. The molecule has 0 radical (unpaired) electrons. The molecule has 3 rings (SSSR count). The Bertz CT molecular complexity index is 797. The predicted octanol–water partition coefficient (Wildman–Crippen LogP) is 4.86. The number of hydrogen-bond acceptors (Lipinski definition) is 3. The highest BCUT2D eigenvalue weighted by Crippen LogP contribution is 2.25. The Labute approximate surface area is 175 Å². The summed E-state index contributed by atoms with van der Waals surface area (Å²) in [4.78, 5) is 24.4. The molecular weight excluding hydrogens is 399 g/mol. The van der Waals surface area contributed by atoms with Gasteiger partial charge in [0, 0.05) is 34.0 Å². The second-order valence-corrected chi connectivity index (χ2v) is 7.21. The quantitative estimate of drug-likeness (QED) is 0.565. The third-order valence-electron chi connectivity index (χ3n) is 4.60. The minimum atomic E-state index is -0.356. The molecule has 2 atom stereocenters. The molecule has 28 heavy (non-hydrogen) atoms. The first-order valence-corrected chi connectivity index (χ1v) is 9.37. The lowest BCUT2D eigenvalue weighted by molar-refractivity contribution is -0.120. The van der Waals surface area contributed by atoms with E-state index in [1.54, 1.807) is 48.5 Å². The van der Waals surface area contributed by atoms with Crippen LogP contribution in [0.1, 0.15) is 25.7 Å². The standard InChI is InChI=1S/C20H23ClN4O2.ClH/c21-14-4-6-17(7-5-14)24-20(27)25-18-10-8-16(9-11-18)23-19(26)13-2-1-3-15(22)12-13;/h4-11,13,15H,1-3,12,22H2,(H,23,26)(H2,24,25,27);1H. The predicted molar refractivity (Wildman–Crippen MR) is 116 cm³/mol. The van der Waals surface area contributed by atoms with Gasteiger partial charge in [-0.15, -0.1) is 12.4 Å². The lowest BCUT2D eigenvalue weighted by Crippen LogP contribution is -2.34. The number of anilines is 3. The van der Waals surface area contributed by atoms with Crippen molar-refractivity contribution in [2.45, 2.75) is 31.7 Å². The van der Waals surface area contributed by atoms with Gasteiger partial charge in [-0.25, -0.2) is 4.79 Å². The second-order valence-electron chi connectivity index (χ2n) is 6.78. The highest BCUT2D eigenvalue weighted by Gasteiger charge is 2.25. The molecule has 0 aromatic heterocycles. The van der Waals surface area contributed by atoms with Gasteiger partial charge in [-0.3, -0.25) is 4.79 Å². The van der Waals surface area contributed by atoms with Crippen LogP contribution in [0.15, 0.2) is 48.5 Å². The first-order valence-electron chi connectivity index (χ1n) is 8.99. The van der Waals surface area contributed by atoms with E-state index in [0.717, 1.165) is 25.7 Å². The summed E-state index contributed by atoms with van der Waals surface area (Å²) in [6.45, 7) is 0. The summed E-state index contributed by atoms with van der Waals surface area (Å²) in [5.41, 5.74) is 7.92. The zero-order chi connectivity index (χ0) is 19.2. The third-order valence-corrected chi connectivity index (χ3v) is 4.85. The molecule has 1 aliphatic carbocycles. The van der Waals surface area contributed by atoms with Crippen molar-refractivity contribution in [3.05, 3.63) is 53.6 Å². The average Bonchev–Trinajstić information content (AvgIpc) is 2.65. The fraction of sp³-hybridized carbons (Fsp3) is 0.300. The maximum Gasteiger partial charge on any atom is 0.323 e. The molecule has 2 unspecified atom stereocenters. The topological polar surface area (TPSA) is 96.2 Å². The maximum absolute atomic E-state index is 12.3. The molecule has 1 aliphatic rings. The molecule has 150 valence electrons. The van der Waals surface area contributed by atoms with Crippen LogP contribution in [0, 0.1) is 5.92 Å². The Morgan fingerprint density at radius 2 is 1.36 bits per heavy atom. The molecule has 8 heteroatoms. The highest BCUT2D eigenvalue weighted by atomic mass is 35.5. The maximum atomic E-state index is 12.3. The van der Waals surface area contributed by atoms with Crippen molar-refractivity contribution in [2.75, 3.05) is 16.0 Å². The zero-order valence-corrected chi connectivity index (χ0v) is 16.9. The summed E-state index contributed by atoms with van der Waals surface area (Å²) in [5, 5.41) is 8.99. The van der Waals surface area contributed by atoms with Crippen LogP contribution >= 0.6 is 24.0 Å². The zero-order valence-electron chi connectivity index (χ0n) is 15.3. The van der Waals surface area contributed by atoms with Crippen LogP contribution in [0.2, 0.25) is 5.02 Å². The van der Waals surface area contributed by atoms with E-state index < -0.39 is 0 Å². The number of benzene rings is 2. The highest BCUT2D eigenvalue weighted by molar-refractivity contribution is 6.30. The summed E-state index contributed by atoms with van der Waals surface area (Å²) < 4.78 is 0. The number of nitrogens with one attached hydrogen (secondary N) is 3. The van der Waals surface area contributed by atoms with E-state index in [2.05, 4.69) is 16.0 Å². The molecule has 2 aromatic rings. The number of urea groups is 1. The monoisotopic (exact) mass is 422 g/mol. The van der Waals surface area contributed by atoms with Crippen LogP contribution in [0.25, 0.3) is 0 Å². The Hall–Kier alpha value is -2.28. The Morgan fingerprint density at radius 3 is 1.89 bits per heavy atom. The van der Waals surface area contributed by atoms with E-state index in [0.29, 0.717) is 22.1 Å². The van der Waals surface area contributed by atoms with Crippen molar-refractivity contribution in [1.29, 1.82) is 0 Å². The number of carbonyl (C=O) groups excluding carboxylic acids is 2. The van der Waals surface area contributed by atoms with E-state index in [1.165, 1.54) is 0 Å². The van der Waals surface area contributed by atoms with Crippen molar-refractivity contribution < 1.29 is 9.59 Å². The molecule has 0 aliphatic heterocycles. The van der Waals surface area contributed by atoms with E-state index >= 15 is 0 Å². The van der Waals surface area contributed by atoms with Crippen molar-refractivity contribution in [3.63, 3.8) is 0 Å². The third kappa shape index (κ3) is 6.41. The van der Waals surface area contributed by atoms with E-state index in [9.17, 15) is 9.59 Å². The Kier molecular flexibility index (Phi) is 8.11. The van der Waals surface area contributed by atoms with Gasteiger partial charge in [0.25, 0.3) is 0 Å². The fourth-order valence-electron chi connectivity index (χ4n) is 3.17.